The molecule has 1 saturated heterocycles. The average molecular weight is 210 g/mol. The third-order valence-electron chi connectivity index (χ3n) is 2.79. The Morgan fingerprint density at radius 2 is 2.29 bits per heavy atom. The first-order valence-electron chi connectivity index (χ1n) is 5.36. The molecule has 2 heterocycles. The van der Waals surface area contributed by atoms with Crippen molar-refractivity contribution in [2.24, 2.45) is 0 Å². The highest BCUT2D eigenvalue weighted by atomic mass is 32.1. The fourth-order valence-electron chi connectivity index (χ4n) is 1.96. The molecule has 78 valence electrons. The number of nitrogens with one attached hydrogen (secondary N) is 2. The van der Waals surface area contributed by atoms with Crippen LogP contribution in [0.5, 0.6) is 0 Å². The number of thiophene rings is 1. The van der Waals surface area contributed by atoms with E-state index in [-0.39, 0.29) is 0 Å². The van der Waals surface area contributed by atoms with Gasteiger partial charge in [-0.05, 0) is 44.3 Å². The lowest BCUT2D eigenvalue weighted by Gasteiger charge is -2.26. The van der Waals surface area contributed by atoms with E-state index >= 15 is 0 Å². The van der Waals surface area contributed by atoms with E-state index in [9.17, 15) is 0 Å². The van der Waals surface area contributed by atoms with Crippen LogP contribution in [0.3, 0.4) is 0 Å². The van der Waals surface area contributed by atoms with Crippen molar-refractivity contribution in [1.29, 1.82) is 0 Å². The molecule has 3 heteroatoms. The highest BCUT2D eigenvalue weighted by molar-refractivity contribution is 7.10. The van der Waals surface area contributed by atoms with E-state index in [2.05, 4.69) is 35.1 Å². The van der Waals surface area contributed by atoms with Crippen LogP contribution in [0.2, 0.25) is 0 Å². The smallest absolute Gasteiger partial charge is 0.0388 e. The highest BCUT2D eigenvalue weighted by Gasteiger charge is 2.15. The van der Waals surface area contributed by atoms with Crippen LogP contribution >= 0.6 is 11.3 Å². The summed E-state index contributed by atoms with van der Waals surface area (Å²) in [7, 11) is 0. The lowest BCUT2D eigenvalue weighted by Crippen LogP contribution is -2.40. The van der Waals surface area contributed by atoms with Gasteiger partial charge in [-0.1, -0.05) is 6.07 Å². The Morgan fingerprint density at radius 1 is 1.50 bits per heavy atom. The van der Waals surface area contributed by atoms with Crippen molar-refractivity contribution in [3.05, 3.63) is 22.4 Å². The summed E-state index contributed by atoms with van der Waals surface area (Å²) in [6.07, 6.45) is 2.52. The lowest BCUT2D eigenvalue weighted by atomic mass is 10.1. The van der Waals surface area contributed by atoms with Crippen LogP contribution in [0.15, 0.2) is 17.5 Å². The van der Waals surface area contributed by atoms with Crippen LogP contribution < -0.4 is 10.6 Å². The quantitative estimate of drug-likeness (QED) is 0.799. The minimum absolute atomic E-state index is 0.512. The molecule has 2 rings (SSSR count). The van der Waals surface area contributed by atoms with E-state index in [1.54, 1.807) is 0 Å². The normalized spacial score (nSPS) is 20.9. The molecule has 0 aromatic carbocycles. The van der Waals surface area contributed by atoms with Gasteiger partial charge in [0.15, 0.2) is 0 Å². The second-order valence-corrected chi connectivity index (χ2v) is 4.91. The Balaban J connectivity index is 1.84. The summed E-state index contributed by atoms with van der Waals surface area (Å²) in [5.74, 6) is 0. The summed E-state index contributed by atoms with van der Waals surface area (Å²) in [5, 5.41) is 9.23. The average Bonchev–Trinajstić information content (AvgIpc) is 2.72. The van der Waals surface area contributed by atoms with Gasteiger partial charge in [-0.2, -0.15) is 0 Å². The maximum absolute atomic E-state index is 3.69. The first kappa shape index (κ1) is 10.1. The second kappa shape index (κ2) is 4.91. The Morgan fingerprint density at radius 3 is 2.93 bits per heavy atom. The summed E-state index contributed by atoms with van der Waals surface area (Å²) in [4.78, 5) is 1.45. The summed E-state index contributed by atoms with van der Waals surface area (Å²) in [6, 6.07) is 5.55. The molecule has 0 spiro atoms. The number of hydrogen-bond acceptors (Lipinski definition) is 3. The molecule has 0 amide bonds. The lowest BCUT2D eigenvalue weighted by molar-refractivity contribution is 0.361. The zero-order chi connectivity index (χ0) is 9.80. The fraction of sp³-hybridized carbons (Fsp3) is 0.636. The van der Waals surface area contributed by atoms with Gasteiger partial charge in [0.25, 0.3) is 0 Å². The van der Waals surface area contributed by atoms with Gasteiger partial charge in [0, 0.05) is 17.0 Å². The van der Waals surface area contributed by atoms with Gasteiger partial charge < -0.3 is 10.6 Å². The summed E-state index contributed by atoms with van der Waals surface area (Å²) in [5.41, 5.74) is 0. The zero-order valence-electron chi connectivity index (χ0n) is 8.62. The van der Waals surface area contributed by atoms with Crippen LogP contribution in [0.25, 0.3) is 0 Å². The van der Waals surface area contributed by atoms with Crippen molar-refractivity contribution in [3.63, 3.8) is 0 Å². The molecule has 14 heavy (non-hydrogen) atoms. The Hall–Kier alpha value is -0.380. The van der Waals surface area contributed by atoms with Crippen molar-refractivity contribution < 1.29 is 0 Å². The third-order valence-corrected chi connectivity index (χ3v) is 3.85. The van der Waals surface area contributed by atoms with Crippen LogP contribution in [-0.4, -0.2) is 19.1 Å². The summed E-state index contributed by atoms with van der Waals surface area (Å²) < 4.78 is 0. The minimum atomic E-state index is 0.512. The third kappa shape index (κ3) is 2.56. The second-order valence-electron chi connectivity index (χ2n) is 3.93. The zero-order valence-corrected chi connectivity index (χ0v) is 9.44. The Bertz CT molecular complexity index is 252. The molecule has 1 aliphatic heterocycles. The van der Waals surface area contributed by atoms with Crippen molar-refractivity contribution in [2.45, 2.75) is 31.8 Å². The van der Waals surface area contributed by atoms with Gasteiger partial charge in [-0.15, -0.1) is 11.3 Å². The summed E-state index contributed by atoms with van der Waals surface area (Å²) >= 11 is 1.84. The topological polar surface area (TPSA) is 24.1 Å². The van der Waals surface area contributed by atoms with E-state index < -0.39 is 0 Å². The van der Waals surface area contributed by atoms with E-state index in [1.807, 2.05) is 11.3 Å². The van der Waals surface area contributed by atoms with Crippen LogP contribution in [0, 0.1) is 0 Å². The molecule has 2 N–H and O–H groups in total. The molecular weight excluding hydrogens is 192 g/mol. The standard InChI is InChI=1S/C11H18N2S/c1-9(11-3-2-8-14-11)13-10-4-6-12-7-5-10/h2-3,8-10,12-13H,4-7H2,1H3/t9-/m0/s1. The maximum Gasteiger partial charge on any atom is 0.0388 e. The minimum Gasteiger partial charge on any atom is -0.317 e. The Labute approximate surface area is 89.7 Å². The fourth-order valence-corrected chi connectivity index (χ4v) is 2.71. The van der Waals surface area contributed by atoms with Gasteiger partial charge >= 0.3 is 0 Å². The molecule has 0 unspecified atom stereocenters. The first-order valence-corrected chi connectivity index (χ1v) is 6.24. The molecule has 0 saturated carbocycles. The van der Waals surface area contributed by atoms with E-state index in [0.29, 0.717) is 12.1 Å². The van der Waals surface area contributed by atoms with Gasteiger partial charge in [-0.25, -0.2) is 0 Å². The van der Waals surface area contributed by atoms with Crippen molar-refractivity contribution in [3.8, 4) is 0 Å². The SMILES string of the molecule is C[C@H](NC1CCNCC1)c1cccs1. The molecule has 0 bridgehead atoms. The summed E-state index contributed by atoms with van der Waals surface area (Å²) in [6.45, 7) is 4.58. The number of rotatable bonds is 3. The van der Waals surface area contributed by atoms with Crippen LogP contribution in [0.4, 0.5) is 0 Å². The molecule has 0 radical (unpaired) electrons. The van der Waals surface area contributed by atoms with Gasteiger partial charge in [0.1, 0.15) is 0 Å². The monoisotopic (exact) mass is 210 g/mol. The molecule has 0 aliphatic carbocycles. The van der Waals surface area contributed by atoms with Gasteiger partial charge in [0.05, 0.1) is 0 Å². The highest BCUT2D eigenvalue weighted by Crippen LogP contribution is 2.19. The van der Waals surface area contributed by atoms with E-state index in [4.69, 9.17) is 0 Å². The number of piperidine rings is 1. The van der Waals surface area contributed by atoms with Crippen molar-refractivity contribution in [2.75, 3.05) is 13.1 Å². The van der Waals surface area contributed by atoms with Crippen molar-refractivity contribution >= 4 is 11.3 Å². The molecule has 2 nitrogen and oxygen atoms in total. The van der Waals surface area contributed by atoms with E-state index in [1.165, 1.54) is 17.7 Å². The maximum atomic E-state index is 3.69. The molecule has 1 aliphatic rings. The number of hydrogen-bond donors (Lipinski definition) is 2. The Kier molecular flexibility index (Phi) is 3.56. The van der Waals surface area contributed by atoms with Gasteiger partial charge in [0.2, 0.25) is 0 Å². The van der Waals surface area contributed by atoms with E-state index in [0.717, 1.165) is 13.1 Å². The van der Waals surface area contributed by atoms with Crippen LogP contribution in [0.1, 0.15) is 30.7 Å². The molecule has 1 aromatic heterocycles. The molecule has 1 aromatic rings. The molecular formula is C11H18N2S. The van der Waals surface area contributed by atoms with Crippen molar-refractivity contribution in [1.82, 2.24) is 10.6 Å². The largest absolute Gasteiger partial charge is 0.317 e. The van der Waals surface area contributed by atoms with Crippen LogP contribution in [-0.2, 0) is 0 Å². The molecule has 1 atom stereocenters. The predicted molar refractivity (Wildman–Crippen MR) is 61.8 cm³/mol. The predicted octanol–water partition coefficient (Wildman–Crippen LogP) is 2.15. The van der Waals surface area contributed by atoms with Gasteiger partial charge in [-0.3, -0.25) is 0 Å². The molecule has 1 fully saturated rings. The first-order chi connectivity index (χ1) is 6.86.